The molecule has 0 saturated carbocycles. The fraction of sp³-hybridized carbons (Fsp3) is 0.400. The van der Waals surface area contributed by atoms with E-state index in [1.54, 1.807) is 7.05 Å². The summed E-state index contributed by atoms with van der Waals surface area (Å²) in [5, 5.41) is 0.558. The summed E-state index contributed by atoms with van der Waals surface area (Å²) in [6.45, 7) is 5.53. The minimum Gasteiger partial charge on any atom is -0.279 e. The van der Waals surface area contributed by atoms with Gasteiger partial charge in [-0.25, -0.2) is 0 Å². The van der Waals surface area contributed by atoms with Crippen molar-refractivity contribution in [2.24, 2.45) is 11.6 Å². The molecule has 0 heterocycles. The fourth-order valence-electron chi connectivity index (χ4n) is 0.251. The maximum atomic E-state index is 5.44. The first-order valence-electron chi connectivity index (χ1n) is 2.48. The van der Waals surface area contributed by atoms with E-state index in [9.17, 15) is 0 Å². The van der Waals surface area contributed by atoms with Gasteiger partial charge in [0.05, 0.1) is 0 Å². The van der Waals surface area contributed by atoms with Crippen LogP contribution in [0.2, 0.25) is 0 Å². The highest BCUT2D eigenvalue weighted by atomic mass is 32.2. The number of hydrazine groups is 1. The summed E-state index contributed by atoms with van der Waals surface area (Å²) in [4.78, 5) is 0.935. The van der Waals surface area contributed by atoms with Crippen molar-refractivity contribution in [3.63, 3.8) is 0 Å². The van der Waals surface area contributed by atoms with Gasteiger partial charge in [-0.05, 0) is 23.6 Å². The molecule has 0 aliphatic rings. The van der Waals surface area contributed by atoms with Gasteiger partial charge in [0.1, 0.15) is 7.05 Å². The molecule has 3 nitrogen and oxygen atoms in total. The number of rotatable bonds is 1. The molecule has 0 aliphatic carbocycles. The third-order valence-corrected chi connectivity index (χ3v) is 1.47. The van der Waals surface area contributed by atoms with Crippen LogP contribution in [0.3, 0.4) is 0 Å². The predicted molar refractivity (Wildman–Crippen MR) is 42.0 cm³/mol. The Balaban J connectivity index is 3.92. The van der Waals surface area contributed by atoms with Gasteiger partial charge in [0.2, 0.25) is 0 Å². The van der Waals surface area contributed by atoms with E-state index in [4.69, 9.17) is 11.6 Å². The van der Waals surface area contributed by atoms with Crippen molar-refractivity contribution >= 4 is 16.9 Å². The third-order valence-electron chi connectivity index (χ3n) is 0.626. The molecule has 0 bridgehead atoms. The predicted octanol–water partition coefficient (Wildman–Crippen LogP) is 0.0839. The molecular formula is C5H12N3S+. The van der Waals surface area contributed by atoms with Crippen molar-refractivity contribution in [2.45, 2.75) is 6.92 Å². The van der Waals surface area contributed by atoms with Crippen LogP contribution in [0.15, 0.2) is 11.5 Å². The SMILES string of the molecule is C=C(C)S/C(N)=[N+](/C)N. The number of hydrogen-bond acceptors (Lipinski definition) is 2. The number of allylic oxidation sites excluding steroid dienone is 1. The van der Waals surface area contributed by atoms with E-state index in [2.05, 4.69) is 6.58 Å². The first-order valence-corrected chi connectivity index (χ1v) is 3.30. The molecule has 0 aromatic carbocycles. The topological polar surface area (TPSA) is 55.0 Å². The van der Waals surface area contributed by atoms with Gasteiger partial charge in [-0.2, -0.15) is 4.68 Å². The van der Waals surface area contributed by atoms with E-state index in [-0.39, 0.29) is 0 Å². The molecule has 0 atom stereocenters. The van der Waals surface area contributed by atoms with Gasteiger partial charge < -0.3 is 0 Å². The highest BCUT2D eigenvalue weighted by Crippen LogP contribution is 2.09. The van der Waals surface area contributed by atoms with Gasteiger partial charge in [-0.1, -0.05) is 6.58 Å². The minimum atomic E-state index is 0.558. The van der Waals surface area contributed by atoms with E-state index in [1.807, 2.05) is 6.92 Å². The second kappa shape index (κ2) is 3.40. The van der Waals surface area contributed by atoms with Crippen LogP contribution < -0.4 is 11.6 Å². The van der Waals surface area contributed by atoms with Crippen LogP contribution in [0.4, 0.5) is 0 Å². The summed E-state index contributed by atoms with van der Waals surface area (Å²) in [6.07, 6.45) is 0. The lowest BCUT2D eigenvalue weighted by molar-refractivity contribution is -0.507. The average Bonchev–Trinajstić information content (AvgIpc) is 1.63. The second-order valence-corrected chi connectivity index (χ2v) is 3.07. The molecule has 52 valence electrons. The van der Waals surface area contributed by atoms with Gasteiger partial charge in [-0.15, -0.1) is 0 Å². The Kier molecular flexibility index (Phi) is 3.16. The second-order valence-electron chi connectivity index (χ2n) is 1.75. The fourth-order valence-corrected chi connectivity index (χ4v) is 0.752. The third kappa shape index (κ3) is 3.90. The lowest BCUT2D eigenvalue weighted by atomic mass is 10.8. The molecule has 0 saturated heterocycles. The van der Waals surface area contributed by atoms with Crippen molar-refractivity contribution in [3.05, 3.63) is 11.5 Å². The first kappa shape index (κ1) is 8.36. The average molecular weight is 146 g/mol. The Morgan fingerprint density at radius 3 is 2.22 bits per heavy atom. The molecule has 4 N–H and O–H groups in total. The monoisotopic (exact) mass is 146 g/mol. The Bertz CT molecular complexity index is 146. The van der Waals surface area contributed by atoms with Crippen LogP contribution >= 0.6 is 11.8 Å². The summed E-state index contributed by atoms with van der Waals surface area (Å²) < 4.78 is 1.36. The van der Waals surface area contributed by atoms with Gasteiger partial charge in [0, 0.05) is 0 Å². The number of nitrogens with zero attached hydrogens (tertiary/aromatic N) is 1. The summed E-state index contributed by atoms with van der Waals surface area (Å²) in [6, 6.07) is 0. The molecule has 0 rings (SSSR count). The van der Waals surface area contributed by atoms with E-state index in [0.717, 1.165) is 4.91 Å². The standard InChI is InChI=1S/C5H11N3S/c1-4(2)9-5(6)8(3)7/h6H,1,7H2,2-3H3/p+1. The van der Waals surface area contributed by atoms with Crippen molar-refractivity contribution < 1.29 is 4.68 Å². The van der Waals surface area contributed by atoms with Crippen LogP contribution in [0, 0.1) is 0 Å². The highest BCUT2D eigenvalue weighted by molar-refractivity contribution is 8.16. The Morgan fingerprint density at radius 2 is 2.11 bits per heavy atom. The van der Waals surface area contributed by atoms with Crippen LogP contribution in [0.1, 0.15) is 6.92 Å². The number of thioether (sulfide) groups is 1. The van der Waals surface area contributed by atoms with E-state index in [1.165, 1.54) is 16.4 Å². The van der Waals surface area contributed by atoms with Gasteiger partial charge in [-0.3, -0.25) is 11.6 Å². The summed E-state index contributed by atoms with van der Waals surface area (Å²) in [5.41, 5.74) is 5.44. The molecule has 0 spiro atoms. The number of nitrogens with two attached hydrogens (primary N) is 2. The number of hydrogen-bond donors (Lipinski definition) is 2. The van der Waals surface area contributed by atoms with Gasteiger partial charge in [0.25, 0.3) is 0 Å². The molecule has 0 fully saturated rings. The van der Waals surface area contributed by atoms with Crippen molar-refractivity contribution in [2.75, 3.05) is 7.05 Å². The molecule has 0 aliphatic heterocycles. The number of hydrazone groups is 1. The molecule has 9 heavy (non-hydrogen) atoms. The largest absolute Gasteiger partial charge is 0.331 e. The normalized spacial score (nSPS) is 12.7. The zero-order chi connectivity index (χ0) is 7.44. The Hall–Kier alpha value is -0.640. The van der Waals surface area contributed by atoms with Gasteiger partial charge in [0.15, 0.2) is 0 Å². The van der Waals surface area contributed by atoms with Crippen LogP contribution in [0.5, 0.6) is 0 Å². The lowest BCUT2D eigenvalue weighted by Crippen LogP contribution is -2.27. The smallest absolute Gasteiger partial charge is 0.279 e. The van der Waals surface area contributed by atoms with E-state index in [0.29, 0.717) is 5.17 Å². The molecule has 0 amide bonds. The van der Waals surface area contributed by atoms with E-state index < -0.39 is 0 Å². The minimum absolute atomic E-state index is 0.558. The summed E-state index contributed by atoms with van der Waals surface area (Å²) >= 11 is 1.36. The molecule has 0 aromatic heterocycles. The van der Waals surface area contributed by atoms with Gasteiger partial charge >= 0.3 is 5.17 Å². The van der Waals surface area contributed by atoms with Crippen molar-refractivity contribution in [1.82, 2.24) is 0 Å². The maximum Gasteiger partial charge on any atom is 0.331 e. The number of amidine groups is 1. The first-order chi connectivity index (χ1) is 4.04. The Morgan fingerprint density at radius 1 is 1.67 bits per heavy atom. The summed E-state index contributed by atoms with van der Waals surface area (Å²) in [5.74, 6) is 5.29. The van der Waals surface area contributed by atoms with Crippen LogP contribution in [-0.4, -0.2) is 16.9 Å². The zero-order valence-corrected chi connectivity index (χ0v) is 6.53. The highest BCUT2D eigenvalue weighted by Gasteiger charge is 2.01. The van der Waals surface area contributed by atoms with Crippen LogP contribution in [0.25, 0.3) is 0 Å². The quantitative estimate of drug-likeness (QED) is 0.181. The summed E-state index contributed by atoms with van der Waals surface area (Å²) in [7, 11) is 1.69. The molecular weight excluding hydrogens is 134 g/mol. The lowest BCUT2D eigenvalue weighted by Gasteiger charge is -1.94. The van der Waals surface area contributed by atoms with E-state index >= 15 is 0 Å². The van der Waals surface area contributed by atoms with Crippen LogP contribution in [-0.2, 0) is 0 Å². The maximum absolute atomic E-state index is 5.44. The zero-order valence-electron chi connectivity index (χ0n) is 5.72. The van der Waals surface area contributed by atoms with Crippen molar-refractivity contribution in [3.8, 4) is 0 Å². The molecule has 0 aromatic rings. The Labute approximate surface area is 59.4 Å². The molecule has 0 unspecified atom stereocenters. The van der Waals surface area contributed by atoms with Crippen molar-refractivity contribution in [1.29, 1.82) is 0 Å². The molecule has 0 radical (unpaired) electrons. The molecule has 4 heteroatoms.